The van der Waals surface area contributed by atoms with Gasteiger partial charge in [-0.15, -0.1) is 11.8 Å². The van der Waals surface area contributed by atoms with E-state index in [9.17, 15) is 4.39 Å². The highest BCUT2D eigenvalue weighted by atomic mass is 79.9. The molecule has 3 aliphatic heterocycles. The molecule has 1 saturated heterocycles. The summed E-state index contributed by atoms with van der Waals surface area (Å²) in [6.45, 7) is 5.25. The number of likely N-dealkylation sites (tertiary alicyclic amines) is 1. The van der Waals surface area contributed by atoms with Gasteiger partial charge in [-0.2, -0.15) is 0 Å². The summed E-state index contributed by atoms with van der Waals surface area (Å²) >= 11 is 5.79. The zero-order valence-electron chi connectivity index (χ0n) is 17.2. The number of hydrogen-bond acceptors (Lipinski definition) is 4. The van der Waals surface area contributed by atoms with Gasteiger partial charge in [-0.3, -0.25) is 0 Å². The van der Waals surface area contributed by atoms with E-state index in [1.54, 1.807) is 17.7 Å². The van der Waals surface area contributed by atoms with E-state index in [4.69, 9.17) is 4.74 Å². The summed E-state index contributed by atoms with van der Waals surface area (Å²) in [4.78, 5) is 6.82. The second-order valence-corrected chi connectivity index (χ2v) is 10.5. The van der Waals surface area contributed by atoms with Gasteiger partial charge in [-0.1, -0.05) is 15.9 Å². The second kappa shape index (κ2) is 9.09. The molecule has 5 rings (SSSR count). The van der Waals surface area contributed by atoms with Crippen molar-refractivity contribution in [1.82, 2.24) is 4.90 Å². The highest BCUT2D eigenvalue weighted by Crippen LogP contribution is 2.51. The van der Waals surface area contributed by atoms with Crippen LogP contribution in [0.2, 0.25) is 0 Å². The Morgan fingerprint density at radius 1 is 1.10 bits per heavy atom. The van der Waals surface area contributed by atoms with E-state index in [1.807, 2.05) is 11.8 Å². The molecule has 160 valence electrons. The average Bonchev–Trinajstić information content (AvgIpc) is 2.90. The van der Waals surface area contributed by atoms with Crippen LogP contribution >= 0.6 is 27.7 Å². The monoisotopic (exact) mass is 490 g/mol. The Hall–Kier alpha value is -1.24. The van der Waals surface area contributed by atoms with Crippen molar-refractivity contribution >= 4 is 33.4 Å². The fourth-order valence-electron chi connectivity index (χ4n) is 5.27. The van der Waals surface area contributed by atoms with Crippen molar-refractivity contribution in [3.8, 4) is 5.75 Å². The number of benzene rings is 2. The summed E-state index contributed by atoms with van der Waals surface area (Å²) in [5.41, 5.74) is 3.11. The number of anilines is 1. The maximum atomic E-state index is 13.0. The molecule has 1 fully saturated rings. The zero-order valence-corrected chi connectivity index (χ0v) is 19.6. The number of halogens is 2. The summed E-state index contributed by atoms with van der Waals surface area (Å²) in [7, 11) is 0. The summed E-state index contributed by atoms with van der Waals surface area (Å²) in [5.74, 6) is 2.40. The van der Waals surface area contributed by atoms with Crippen molar-refractivity contribution in [3.63, 3.8) is 0 Å². The van der Waals surface area contributed by atoms with E-state index in [0.717, 1.165) is 31.8 Å². The molecule has 2 atom stereocenters. The number of nitrogens with zero attached hydrogens (tertiary/aromatic N) is 2. The molecule has 0 saturated carbocycles. The van der Waals surface area contributed by atoms with Crippen molar-refractivity contribution in [2.75, 3.05) is 43.4 Å². The highest BCUT2D eigenvalue weighted by molar-refractivity contribution is 9.10. The number of rotatable bonds is 5. The summed E-state index contributed by atoms with van der Waals surface area (Å²) < 4.78 is 20.0. The lowest BCUT2D eigenvalue weighted by molar-refractivity contribution is 0.238. The van der Waals surface area contributed by atoms with Crippen LogP contribution in [0.1, 0.15) is 37.2 Å². The molecule has 3 aliphatic rings. The average molecular weight is 491 g/mol. The number of hydrogen-bond donors (Lipinski definition) is 0. The third-order valence-electron chi connectivity index (χ3n) is 6.62. The molecule has 0 amide bonds. The van der Waals surface area contributed by atoms with Crippen molar-refractivity contribution in [2.24, 2.45) is 0 Å². The van der Waals surface area contributed by atoms with Crippen LogP contribution in [0.25, 0.3) is 0 Å². The van der Waals surface area contributed by atoms with Gasteiger partial charge in [-0.05, 0) is 79.9 Å². The summed E-state index contributed by atoms with van der Waals surface area (Å²) in [6, 6.07) is 11.6. The lowest BCUT2D eigenvalue weighted by Crippen LogP contribution is -2.35. The fourth-order valence-corrected chi connectivity index (χ4v) is 6.97. The fraction of sp³-hybridized carbons (Fsp3) is 0.500. The minimum absolute atomic E-state index is 0.221. The van der Waals surface area contributed by atoms with Crippen LogP contribution in [0, 0.1) is 5.82 Å². The van der Waals surface area contributed by atoms with Crippen LogP contribution in [0.5, 0.6) is 5.75 Å². The Balaban J connectivity index is 1.20. The van der Waals surface area contributed by atoms with E-state index in [2.05, 4.69) is 37.9 Å². The lowest BCUT2D eigenvalue weighted by atomic mass is 9.91. The Bertz CT molecular complexity index is 894. The molecule has 3 nitrogen and oxygen atoms in total. The molecule has 0 spiro atoms. The largest absolute Gasteiger partial charge is 0.494 e. The first kappa shape index (κ1) is 20.7. The van der Waals surface area contributed by atoms with Gasteiger partial charge in [0.15, 0.2) is 0 Å². The summed E-state index contributed by atoms with van der Waals surface area (Å²) in [5, 5.41) is 0. The van der Waals surface area contributed by atoms with Crippen LogP contribution in [-0.2, 0) is 0 Å². The van der Waals surface area contributed by atoms with E-state index >= 15 is 0 Å². The number of ether oxygens (including phenoxy) is 1. The molecular weight excluding hydrogens is 463 g/mol. The molecule has 2 aromatic carbocycles. The van der Waals surface area contributed by atoms with E-state index < -0.39 is 0 Å². The molecule has 0 N–H and O–H groups in total. The molecule has 0 radical (unpaired) electrons. The molecule has 0 bridgehead atoms. The first-order chi connectivity index (χ1) is 14.7. The second-order valence-electron chi connectivity index (χ2n) is 8.49. The van der Waals surface area contributed by atoms with Crippen LogP contribution in [-0.4, -0.2) is 49.5 Å². The molecule has 2 unspecified atom stereocenters. The predicted octanol–water partition coefficient (Wildman–Crippen LogP) is 5.92. The van der Waals surface area contributed by atoms with E-state index in [0.29, 0.717) is 18.6 Å². The smallest absolute Gasteiger partial charge is 0.123 e. The minimum Gasteiger partial charge on any atom is -0.494 e. The van der Waals surface area contributed by atoms with Crippen molar-refractivity contribution < 1.29 is 9.13 Å². The maximum absolute atomic E-state index is 13.0. The first-order valence-corrected chi connectivity index (χ1v) is 12.8. The highest BCUT2D eigenvalue weighted by Gasteiger charge is 2.41. The van der Waals surface area contributed by atoms with Gasteiger partial charge in [0.05, 0.1) is 12.3 Å². The molecular formula is C24H28BrFN2OS. The van der Waals surface area contributed by atoms with Gasteiger partial charge in [0, 0.05) is 41.0 Å². The van der Waals surface area contributed by atoms with Crippen LogP contribution in [0.15, 0.2) is 45.8 Å². The topological polar surface area (TPSA) is 15.7 Å². The Kier molecular flexibility index (Phi) is 6.26. The summed E-state index contributed by atoms with van der Waals surface area (Å²) in [6.07, 6.45) is 4.73. The maximum Gasteiger partial charge on any atom is 0.123 e. The van der Waals surface area contributed by atoms with Gasteiger partial charge in [0.1, 0.15) is 11.6 Å². The first-order valence-electron chi connectivity index (χ1n) is 11.0. The number of thioether (sulfide) groups is 1. The van der Waals surface area contributed by atoms with Crippen molar-refractivity contribution in [3.05, 3.63) is 52.3 Å². The molecule has 0 aliphatic carbocycles. The van der Waals surface area contributed by atoms with Gasteiger partial charge in [0.2, 0.25) is 0 Å². The molecule has 6 heteroatoms. The van der Waals surface area contributed by atoms with E-state index in [1.165, 1.54) is 58.7 Å². The van der Waals surface area contributed by atoms with Crippen LogP contribution in [0.3, 0.4) is 0 Å². The van der Waals surface area contributed by atoms with Crippen molar-refractivity contribution in [1.29, 1.82) is 0 Å². The SMILES string of the molecule is Fc1ccc(OCCCN2CCC3c4cc(Br)cc5c4N(CCCS5)C3CC2)cc1. The van der Waals surface area contributed by atoms with Gasteiger partial charge in [-0.25, -0.2) is 4.39 Å². The van der Waals surface area contributed by atoms with Crippen LogP contribution in [0.4, 0.5) is 10.1 Å². The molecule has 3 heterocycles. The third kappa shape index (κ3) is 4.23. The van der Waals surface area contributed by atoms with Crippen LogP contribution < -0.4 is 9.64 Å². The third-order valence-corrected chi connectivity index (χ3v) is 8.19. The normalized spacial score (nSPS) is 23.5. The Morgan fingerprint density at radius 2 is 1.93 bits per heavy atom. The standard InChI is InChI=1S/C24H28BrFN2OS/c25-17-15-21-20-7-11-27(9-1-13-29-19-5-3-18(26)4-6-19)12-8-22(20)28-10-2-14-30-23(16-17)24(21)28/h3-6,15-16,20,22H,1-2,7-14H2. The minimum atomic E-state index is -0.221. The zero-order chi connectivity index (χ0) is 20.5. The Morgan fingerprint density at radius 3 is 2.80 bits per heavy atom. The van der Waals surface area contributed by atoms with Gasteiger partial charge in [0.25, 0.3) is 0 Å². The van der Waals surface area contributed by atoms with Gasteiger partial charge >= 0.3 is 0 Å². The molecule has 2 aromatic rings. The van der Waals surface area contributed by atoms with Crippen molar-refractivity contribution in [2.45, 2.75) is 42.5 Å². The number of fused-ring (bicyclic) bond motifs is 3. The van der Waals surface area contributed by atoms with E-state index in [-0.39, 0.29) is 5.82 Å². The molecule has 0 aromatic heterocycles. The Labute approximate surface area is 191 Å². The molecule has 30 heavy (non-hydrogen) atoms. The van der Waals surface area contributed by atoms with Gasteiger partial charge < -0.3 is 14.5 Å². The quantitative estimate of drug-likeness (QED) is 0.483. The predicted molar refractivity (Wildman–Crippen MR) is 126 cm³/mol. The lowest BCUT2D eigenvalue weighted by Gasteiger charge is -2.29.